The highest BCUT2D eigenvalue weighted by Gasteiger charge is 2.26. The Morgan fingerprint density at radius 3 is 2.64 bits per heavy atom. The van der Waals surface area contributed by atoms with Crippen molar-refractivity contribution in [3.8, 4) is 11.5 Å². The summed E-state index contributed by atoms with van der Waals surface area (Å²) in [5, 5.41) is 1.18. The zero-order chi connectivity index (χ0) is 22.6. The van der Waals surface area contributed by atoms with Crippen LogP contribution in [0.5, 0.6) is 0 Å². The van der Waals surface area contributed by atoms with E-state index in [4.69, 9.17) is 8.83 Å². The van der Waals surface area contributed by atoms with E-state index in [1.165, 1.54) is 99.3 Å². The predicted octanol–water partition coefficient (Wildman–Crippen LogP) is 9.85. The van der Waals surface area contributed by atoms with Crippen LogP contribution in [0.25, 0.3) is 28.6 Å². The third-order valence-corrected chi connectivity index (χ3v) is 8.16. The van der Waals surface area contributed by atoms with Gasteiger partial charge in [0.15, 0.2) is 11.5 Å². The summed E-state index contributed by atoms with van der Waals surface area (Å²) in [5.74, 6) is 4.40. The van der Waals surface area contributed by atoms with Gasteiger partial charge in [0, 0.05) is 17.4 Å². The summed E-state index contributed by atoms with van der Waals surface area (Å²) >= 11 is 0. The third kappa shape index (κ3) is 4.86. The number of hydrogen-bond acceptors (Lipinski definition) is 2. The van der Waals surface area contributed by atoms with Gasteiger partial charge in [-0.15, -0.1) is 0 Å². The summed E-state index contributed by atoms with van der Waals surface area (Å²) < 4.78 is 12.7. The molecule has 2 aliphatic carbocycles. The van der Waals surface area contributed by atoms with E-state index in [1.54, 1.807) is 0 Å². The van der Waals surface area contributed by atoms with E-state index in [-0.39, 0.29) is 0 Å². The molecule has 2 aromatic heterocycles. The molecular formula is C31H40O2. The van der Waals surface area contributed by atoms with Gasteiger partial charge < -0.3 is 8.83 Å². The Kier molecular flexibility index (Phi) is 7.09. The van der Waals surface area contributed by atoms with Gasteiger partial charge in [0.05, 0.1) is 0 Å². The van der Waals surface area contributed by atoms with Crippen molar-refractivity contribution >= 4 is 17.0 Å². The van der Waals surface area contributed by atoms with Gasteiger partial charge in [-0.2, -0.15) is 0 Å². The summed E-state index contributed by atoms with van der Waals surface area (Å²) in [6, 6.07) is 9.04. The monoisotopic (exact) mass is 444 g/mol. The molecule has 5 rings (SSSR count). The minimum atomic E-state index is 0.689. The standard InChI is InChI=1S/C31H40O2/c1-3-5-6-7-9-12-22-15-17-28-25(19-22)21-30(32-28)31-26(4-2)27-20-24(16-18-29(27)33-31)23-13-10-8-11-14-23/h4,16,18,20-23H,2-3,5-15,17,19H2,1H3. The normalized spacial score (nSPS) is 19.1. The number of furan rings is 2. The Hall–Kier alpha value is -2.22. The molecule has 3 aromatic rings. The fourth-order valence-corrected chi connectivity index (χ4v) is 6.20. The molecule has 1 unspecified atom stereocenters. The molecule has 2 aliphatic rings. The Balaban J connectivity index is 1.35. The van der Waals surface area contributed by atoms with E-state index in [2.05, 4.69) is 37.8 Å². The van der Waals surface area contributed by atoms with Gasteiger partial charge in [-0.05, 0) is 66.8 Å². The molecule has 33 heavy (non-hydrogen) atoms. The van der Waals surface area contributed by atoms with Crippen LogP contribution in [0.4, 0.5) is 0 Å². The summed E-state index contributed by atoms with van der Waals surface area (Å²) in [4.78, 5) is 0. The molecule has 2 heteroatoms. The molecule has 0 amide bonds. The second kappa shape index (κ2) is 10.4. The molecule has 176 valence electrons. The largest absolute Gasteiger partial charge is 0.457 e. The van der Waals surface area contributed by atoms with Crippen molar-refractivity contribution in [3.05, 3.63) is 53.3 Å². The maximum absolute atomic E-state index is 6.38. The highest BCUT2D eigenvalue weighted by atomic mass is 16.4. The Morgan fingerprint density at radius 2 is 1.82 bits per heavy atom. The van der Waals surface area contributed by atoms with Gasteiger partial charge in [0.1, 0.15) is 11.3 Å². The predicted molar refractivity (Wildman–Crippen MR) is 139 cm³/mol. The number of unbranched alkanes of at least 4 members (excludes halogenated alkanes) is 4. The van der Waals surface area contributed by atoms with Crippen molar-refractivity contribution in [1.29, 1.82) is 0 Å². The van der Waals surface area contributed by atoms with Crippen molar-refractivity contribution in [2.24, 2.45) is 5.92 Å². The molecule has 1 aromatic carbocycles. The van der Waals surface area contributed by atoms with Gasteiger partial charge in [-0.1, -0.05) is 83.4 Å². The summed E-state index contributed by atoms with van der Waals surface area (Å²) in [5.41, 5.74) is 4.88. The highest BCUT2D eigenvalue weighted by Crippen LogP contribution is 2.41. The minimum Gasteiger partial charge on any atom is -0.457 e. The first-order chi connectivity index (χ1) is 16.3. The number of hydrogen-bond donors (Lipinski definition) is 0. The van der Waals surface area contributed by atoms with Crippen LogP contribution in [-0.4, -0.2) is 0 Å². The minimum absolute atomic E-state index is 0.689. The van der Waals surface area contributed by atoms with Crippen LogP contribution < -0.4 is 0 Å². The maximum Gasteiger partial charge on any atom is 0.177 e. The van der Waals surface area contributed by atoms with Crippen LogP contribution >= 0.6 is 0 Å². The number of aryl methyl sites for hydroxylation is 1. The topological polar surface area (TPSA) is 26.3 Å². The summed E-state index contributed by atoms with van der Waals surface area (Å²) in [7, 11) is 0. The lowest BCUT2D eigenvalue weighted by Gasteiger charge is -2.21. The van der Waals surface area contributed by atoms with Gasteiger partial charge in [-0.3, -0.25) is 0 Å². The SMILES string of the molecule is C=Cc1c(-c2cc3c(o2)CCC(CCCCCCC)C3)oc2ccc(C3CCCCC3)cc12. The number of fused-ring (bicyclic) bond motifs is 2. The number of rotatable bonds is 9. The first kappa shape index (κ1) is 22.6. The van der Waals surface area contributed by atoms with Crippen molar-refractivity contribution in [2.75, 3.05) is 0 Å². The second-order valence-corrected chi connectivity index (χ2v) is 10.5. The van der Waals surface area contributed by atoms with Gasteiger partial charge in [-0.25, -0.2) is 0 Å². The van der Waals surface area contributed by atoms with E-state index in [0.29, 0.717) is 5.92 Å². The van der Waals surface area contributed by atoms with E-state index in [1.807, 2.05) is 6.08 Å². The average Bonchev–Trinajstić information content (AvgIpc) is 3.44. The number of benzene rings is 1. The van der Waals surface area contributed by atoms with Crippen molar-refractivity contribution < 1.29 is 8.83 Å². The van der Waals surface area contributed by atoms with Crippen LogP contribution in [0.3, 0.4) is 0 Å². The average molecular weight is 445 g/mol. The third-order valence-electron chi connectivity index (χ3n) is 8.16. The van der Waals surface area contributed by atoms with Gasteiger partial charge in [0.25, 0.3) is 0 Å². The van der Waals surface area contributed by atoms with Gasteiger partial charge >= 0.3 is 0 Å². The van der Waals surface area contributed by atoms with Crippen LogP contribution in [0.1, 0.15) is 112 Å². The molecule has 0 saturated heterocycles. The smallest absolute Gasteiger partial charge is 0.177 e. The fourth-order valence-electron chi connectivity index (χ4n) is 6.20. The lowest BCUT2D eigenvalue weighted by atomic mass is 9.83. The Morgan fingerprint density at radius 1 is 0.970 bits per heavy atom. The summed E-state index contributed by atoms with van der Waals surface area (Å²) in [6.45, 7) is 6.42. The molecule has 0 bridgehead atoms. The quantitative estimate of drug-likeness (QED) is 0.307. The molecule has 1 saturated carbocycles. The Labute approximate surface area is 199 Å². The second-order valence-electron chi connectivity index (χ2n) is 10.5. The summed E-state index contributed by atoms with van der Waals surface area (Å²) in [6.07, 6.45) is 20.3. The van der Waals surface area contributed by atoms with Gasteiger partial charge in [0.2, 0.25) is 0 Å². The van der Waals surface area contributed by atoms with Crippen LogP contribution in [0, 0.1) is 5.92 Å². The molecule has 0 aliphatic heterocycles. The zero-order valence-corrected chi connectivity index (χ0v) is 20.5. The van der Waals surface area contributed by atoms with Crippen molar-refractivity contribution in [3.63, 3.8) is 0 Å². The maximum atomic E-state index is 6.38. The fraction of sp³-hybridized carbons (Fsp3) is 0.548. The molecule has 0 spiro atoms. The molecule has 1 atom stereocenters. The lowest BCUT2D eigenvalue weighted by Crippen LogP contribution is -2.12. The van der Waals surface area contributed by atoms with E-state index < -0.39 is 0 Å². The van der Waals surface area contributed by atoms with Crippen LogP contribution in [0.15, 0.2) is 39.7 Å². The first-order valence-corrected chi connectivity index (χ1v) is 13.6. The van der Waals surface area contributed by atoms with Crippen LogP contribution in [0.2, 0.25) is 0 Å². The molecule has 0 N–H and O–H groups in total. The molecular weight excluding hydrogens is 404 g/mol. The molecule has 1 fully saturated rings. The first-order valence-electron chi connectivity index (χ1n) is 13.6. The Bertz CT molecular complexity index is 1080. The highest BCUT2D eigenvalue weighted by molar-refractivity contribution is 5.94. The zero-order valence-electron chi connectivity index (χ0n) is 20.5. The van der Waals surface area contributed by atoms with Crippen molar-refractivity contribution in [1.82, 2.24) is 0 Å². The molecule has 2 nitrogen and oxygen atoms in total. The lowest BCUT2D eigenvalue weighted by molar-refractivity contribution is 0.373. The van der Waals surface area contributed by atoms with Crippen LogP contribution in [-0.2, 0) is 12.8 Å². The van der Waals surface area contributed by atoms with Crippen molar-refractivity contribution in [2.45, 2.75) is 103 Å². The molecule has 2 heterocycles. The van der Waals surface area contributed by atoms with E-state index in [0.717, 1.165) is 41.4 Å². The molecule has 0 radical (unpaired) electrons. The van der Waals surface area contributed by atoms with E-state index in [9.17, 15) is 0 Å². The van der Waals surface area contributed by atoms with E-state index >= 15 is 0 Å².